The molecule has 0 rings (SSSR count). The fourth-order valence-electron chi connectivity index (χ4n) is 0.391. The zero-order chi connectivity index (χ0) is 8.15. The summed E-state index contributed by atoms with van der Waals surface area (Å²) in [5.74, 6) is -0.766. The molecule has 0 heterocycles. The van der Waals surface area contributed by atoms with Gasteiger partial charge in [0.25, 0.3) is 0 Å². The maximum Gasteiger partial charge on any atom is 0.0876 e. The molecule has 0 aliphatic rings. The third-order valence-corrected chi connectivity index (χ3v) is 2.08. The molecule has 0 unspecified atom stereocenters. The quantitative estimate of drug-likeness (QED) is 0.581. The molecule has 0 fully saturated rings. The number of allylic oxidation sites excluding steroid dienone is 2. The van der Waals surface area contributed by atoms with E-state index in [1.807, 2.05) is 0 Å². The summed E-state index contributed by atoms with van der Waals surface area (Å²) in [6.45, 7) is 3.37. The second-order valence-electron chi connectivity index (χ2n) is 1.41. The van der Waals surface area contributed by atoms with Gasteiger partial charge in [0, 0.05) is 32.7 Å². The van der Waals surface area contributed by atoms with Gasteiger partial charge in [-0.1, -0.05) is 18.2 Å². The van der Waals surface area contributed by atoms with Crippen molar-refractivity contribution < 1.29 is 37.5 Å². The molecule has 0 atom stereocenters. The summed E-state index contributed by atoms with van der Waals surface area (Å²) < 4.78 is 0. The number of carbonyl (C=O) groups is 1. The minimum absolute atomic E-state index is 0. The fraction of sp³-hybridized carbons (Fsp3) is 0.167. The van der Waals surface area contributed by atoms with Crippen molar-refractivity contribution in [2.75, 3.05) is 6.26 Å². The van der Waals surface area contributed by atoms with E-state index in [4.69, 9.17) is 17.3 Å². The van der Waals surface area contributed by atoms with Crippen LogP contribution < -0.4 is 0 Å². The summed E-state index contributed by atoms with van der Waals surface area (Å²) in [5, 5.41) is 0.243. The van der Waals surface area contributed by atoms with Gasteiger partial charge in [-0.2, -0.15) is 0 Å². The molecule has 1 N–H and O–H groups in total. The number of hydrogen-bond acceptors (Lipinski definition) is 2. The Morgan fingerprint density at radius 2 is 2.18 bits per heavy atom. The number of nitrogens with one attached hydrogen (secondary N) is 1. The smallest absolute Gasteiger partial charge is 0.0876 e. The van der Waals surface area contributed by atoms with Crippen molar-refractivity contribution in [2.45, 2.75) is 0 Å². The van der Waals surface area contributed by atoms with E-state index in [2.05, 4.69) is 6.58 Å². The van der Waals surface area contributed by atoms with Gasteiger partial charge >= 0.3 is 0 Å². The Morgan fingerprint density at radius 3 is 2.27 bits per heavy atom. The van der Waals surface area contributed by atoms with Crippen LogP contribution in [0.1, 0.15) is 0 Å². The predicted molar refractivity (Wildman–Crippen MR) is 45.9 cm³/mol. The standard InChI is InChI=1S/C6H8ClNOS.Y/c1-3-4(7)5(10-2)6(8)9;/h3H,1H2,2H3,(H2,8,9);/p-1/b5-4+;. The zero-order valence-electron chi connectivity index (χ0n) is 6.06. The van der Waals surface area contributed by atoms with Gasteiger partial charge in [-0.05, 0) is 12.3 Å². The Balaban J connectivity index is 0. The van der Waals surface area contributed by atoms with Gasteiger partial charge in [-0.3, -0.25) is 0 Å². The van der Waals surface area contributed by atoms with Crippen molar-refractivity contribution in [3.05, 3.63) is 28.3 Å². The van der Waals surface area contributed by atoms with Crippen LogP contribution >= 0.6 is 23.4 Å². The molecular formula is C6H7ClNOSY-. The van der Waals surface area contributed by atoms with Crippen LogP contribution in [0.5, 0.6) is 0 Å². The van der Waals surface area contributed by atoms with Gasteiger partial charge in [0.15, 0.2) is 0 Å². The van der Waals surface area contributed by atoms with Crippen molar-refractivity contribution in [3.63, 3.8) is 0 Å². The molecule has 11 heavy (non-hydrogen) atoms. The number of rotatable bonds is 3. The molecule has 1 radical (unpaired) electrons. The monoisotopic (exact) mass is 265 g/mol. The van der Waals surface area contributed by atoms with Gasteiger partial charge in [0.2, 0.25) is 0 Å². The van der Waals surface area contributed by atoms with Gasteiger partial charge < -0.3 is 10.5 Å². The minimum Gasteiger partial charge on any atom is -0.663 e. The normalized spacial score (nSPS) is 11.1. The van der Waals surface area contributed by atoms with E-state index in [0.29, 0.717) is 0 Å². The summed E-state index contributed by atoms with van der Waals surface area (Å²) in [7, 11) is 0. The second-order valence-corrected chi connectivity index (χ2v) is 2.64. The molecular weight excluding hydrogens is 258 g/mol. The maximum absolute atomic E-state index is 10.4. The van der Waals surface area contributed by atoms with E-state index < -0.39 is 5.91 Å². The number of halogens is 1. The Morgan fingerprint density at radius 1 is 1.73 bits per heavy atom. The number of carbonyl (C=O) groups excluding carboxylic acids is 1. The van der Waals surface area contributed by atoms with E-state index in [0.717, 1.165) is 11.8 Å². The van der Waals surface area contributed by atoms with Crippen LogP contribution in [-0.2, 0) is 37.5 Å². The molecule has 0 spiro atoms. The Labute approximate surface area is 100 Å². The molecule has 1 amide bonds. The van der Waals surface area contributed by atoms with Crippen LogP contribution in [0.15, 0.2) is 22.6 Å². The zero-order valence-corrected chi connectivity index (χ0v) is 10.5. The molecule has 59 valence electrons. The SMILES string of the molecule is C=C/C(Cl)=C(\SC)C([NH-])=O.[Y]. The number of amides is 1. The van der Waals surface area contributed by atoms with Crippen molar-refractivity contribution in [3.8, 4) is 0 Å². The summed E-state index contributed by atoms with van der Waals surface area (Å²) >= 11 is 6.68. The first-order valence-corrected chi connectivity index (χ1v) is 4.06. The average Bonchev–Trinajstić information content (AvgIpc) is 1.88. The third-order valence-electron chi connectivity index (χ3n) is 0.806. The molecule has 0 aliphatic heterocycles. The summed E-state index contributed by atoms with van der Waals surface area (Å²) in [4.78, 5) is 10.7. The summed E-state index contributed by atoms with van der Waals surface area (Å²) in [6, 6.07) is 0. The maximum atomic E-state index is 10.4. The summed E-state index contributed by atoms with van der Waals surface area (Å²) in [5.41, 5.74) is 6.72. The number of thioether (sulfide) groups is 1. The Bertz CT molecular complexity index is 193. The Kier molecular flexibility index (Phi) is 9.51. The third kappa shape index (κ3) is 5.02. The first-order valence-electron chi connectivity index (χ1n) is 2.45. The van der Waals surface area contributed by atoms with Gasteiger partial charge in [-0.25, -0.2) is 0 Å². The van der Waals surface area contributed by atoms with Crippen LogP contribution in [0, 0.1) is 0 Å². The molecule has 0 aromatic carbocycles. The van der Waals surface area contributed by atoms with Crippen molar-refractivity contribution >= 4 is 29.3 Å². The van der Waals surface area contributed by atoms with E-state index in [1.54, 1.807) is 6.26 Å². The topological polar surface area (TPSA) is 40.9 Å². The molecule has 5 heteroatoms. The van der Waals surface area contributed by atoms with Crippen LogP contribution in [0.2, 0.25) is 0 Å². The van der Waals surface area contributed by atoms with E-state index >= 15 is 0 Å². The van der Waals surface area contributed by atoms with Gasteiger partial charge in [-0.15, -0.1) is 11.8 Å². The van der Waals surface area contributed by atoms with Crippen LogP contribution in [0.4, 0.5) is 0 Å². The van der Waals surface area contributed by atoms with Gasteiger partial charge in [0.1, 0.15) is 0 Å². The van der Waals surface area contributed by atoms with Crippen molar-refractivity contribution in [1.82, 2.24) is 0 Å². The van der Waals surface area contributed by atoms with Gasteiger partial charge in [0.05, 0.1) is 15.8 Å². The number of hydrogen-bond donors (Lipinski definition) is 0. The van der Waals surface area contributed by atoms with Crippen LogP contribution in [-0.4, -0.2) is 12.2 Å². The van der Waals surface area contributed by atoms with E-state index in [-0.39, 0.29) is 42.6 Å². The molecule has 0 saturated heterocycles. The molecule has 0 aromatic heterocycles. The van der Waals surface area contributed by atoms with Crippen molar-refractivity contribution in [1.29, 1.82) is 0 Å². The Hall–Kier alpha value is 0.694. The molecule has 0 aromatic rings. The summed E-state index contributed by atoms with van der Waals surface area (Å²) in [6.07, 6.45) is 3.04. The molecule has 0 aliphatic carbocycles. The first-order chi connectivity index (χ1) is 4.63. The molecule has 2 nitrogen and oxygen atoms in total. The fourth-order valence-corrected chi connectivity index (χ4v) is 1.17. The van der Waals surface area contributed by atoms with E-state index in [9.17, 15) is 4.79 Å². The predicted octanol–water partition coefficient (Wildman–Crippen LogP) is 2.56. The largest absolute Gasteiger partial charge is 0.663 e. The first kappa shape index (κ1) is 14.2. The molecule has 0 bridgehead atoms. The second kappa shape index (κ2) is 7.35. The van der Waals surface area contributed by atoms with E-state index in [1.165, 1.54) is 6.08 Å². The minimum atomic E-state index is -0.766. The van der Waals surface area contributed by atoms with Crippen molar-refractivity contribution in [2.24, 2.45) is 0 Å². The van der Waals surface area contributed by atoms with Crippen LogP contribution in [0.25, 0.3) is 5.73 Å². The van der Waals surface area contributed by atoms with Crippen LogP contribution in [0.3, 0.4) is 0 Å². The average molecular weight is 266 g/mol. The molecule has 0 saturated carbocycles.